The molecule has 0 fully saturated rings. The number of rotatable bonds is 3. The lowest BCUT2D eigenvalue weighted by atomic mass is 10.0. The second-order valence-corrected chi connectivity index (χ2v) is 9.47. The molecule has 0 unspecified atom stereocenters. The summed E-state index contributed by atoms with van der Waals surface area (Å²) in [6, 6.07) is 35.4. The molecule has 0 bridgehead atoms. The van der Waals surface area contributed by atoms with Gasteiger partial charge < -0.3 is 0 Å². The van der Waals surface area contributed by atoms with Gasteiger partial charge in [0.25, 0.3) is 0 Å². The van der Waals surface area contributed by atoms with Crippen molar-refractivity contribution in [2.75, 3.05) is 0 Å². The molecule has 4 aromatic carbocycles. The zero-order valence-electron chi connectivity index (χ0n) is 17.0. The minimum absolute atomic E-state index is 0.726. The largest absolute Gasteiger partial charge is 0.228 e. The van der Waals surface area contributed by atoms with Gasteiger partial charge in [0.1, 0.15) is 0 Å². The maximum absolute atomic E-state index is 4.99. The van der Waals surface area contributed by atoms with E-state index in [1.165, 1.54) is 20.2 Å². The Morgan fingerprint density at radius 1 is 0.594 bits per heavy atom. The lowest BCUT2D eigenvalue weighted by Gasteiger charge is -2.11. The van der Waals surface area contributed by atoms with Crippen LogP contribution in [0.4, 0.5) is 0 Å². The van der Waals surface area contributed by atoms with E-state index in [-0.39, 0.29) is 0 Å². The van der Waals surface area contributed by atoms with Gasteiger partial charge in [0, 0.05) is 41.3 Å². The quantitative estimate of drug-likeness (QED) is 0.247. The van der Waals surface area contributed by atoms with Crippen molar-refractivity contribution in [2.24, 2.45) is 0 Å². The maximum Gasteiger partial charge on any atom is 0.160 e. The van der Waals surface area contributed by atoms with Gasteiger partial charge >= 0.3 is 0 Å². The van der Waals surface area contributed by atoms with Gasteiger partial charge in [0.2, 0.25) is 0 Å². The second kappa shape index (κ2) is 7.97. The molecular formula is C28H17BrN2S. The number of hydrogen-bond acceptors (Lipinski definition) is 3. The molecule has 4 heteroatoms. The van der Waals surface area contributed by atoms with Gasteiger partial charge in [-0.25, -0.2) is 9.97 Å². The van der Waals surface area contributed by atoms with Gasteiger partial charge in [-0.3, -0.25) is 0 Å². The Labute approximate surface area is 198 Å². The van der Waals surface area contributed by atoms with Crippen molar-refractivity contribution in [3.8, 4) is 33.9 Å². The van der Waals surface area contributed by atoms with Crippen LogP contribution in [0.2, 0.25) is 0 Å². The molecule has 2 aromatic heterocycles. The van der Waals surface area contributed by atoms with E-state index in [0.29, 0.717) is 0 Å². The smallest absolute Gasteiger partial charge is 0.160 e. The van der Waals surface area contributed by atoms with Crippen molar-refractivity contribution < 1.29 is 0 Å². The maximum atomic E-state index is 4.99. The van der Waals surface area contributed by atoms with Crippen LogP contribution >= 0.6 is 27.3 Å². The molecule has 32 heavy (non-hydrogen) atoms. The van der Waals surface area contributed by atoms with Crippen LogP contribution in [-0.4, -0.2) is 9.97 Å². The molecule has 2 nitrogen and oxygen atoms in total. The molecule has 0 aliphatic rings. The summed E-state index contributed by atoms with van der Waals surface area (Å²) in [7, 11) is 0. The van der Waals surface area contributed by atoms with Crippen LogP contribution in [0.1, 0.15) is 0 Å². The van der Waals surface area contributed by atoms with Crippen molar-refractivity contribution in [1.29, 1.82) is 0 Å². The zero-order chi connectivity index (χ0) is 21.5. The third-order valence-electron chi connectivity index (χ3n) is 5.58. The van der Waals surface area contributed by atoms with E-state index < -0.39 is 0 Å². The Balaban J connectivity index is 1.62. The fourth-order valence-electron chi connectivity index (χ4n) is 4.03. The van der Waals surface area contributed by atoms with Crippen LogP contribution in [0.5, 0.6) is 0 Å². The van der Waals surface area contributed by atoms with E-state index in [1.807, 2.05) is 47.7 Å². The first-order valence-electron chi connectivity index (χ1n) is 10.4. The Morgan fingerprint density at radius 3 is 2.03 bits per heavy atom. The van der Waals surface area contributed by atoms with Crippen molar-refractivity contribution in [1.82, 2.24) is 9.97 Å². The Bertz CT molecular complexity index is 1520. The Kier molecular flexibility index (Phi) is 4.82. The highest BCUT2D eigenvalue weighted by Gasteiger charge is 2.16. The van der Waals surface area contributed by atoms with Crippen molar-refractivity contribution >= 4 is 47.4 Å². The first-order valence-corrected chi connectivity index (χ1v) is 12.0. The highest BCUT2D eigenvalue weighted by Crippen LogP contribution is 2.42. The molecule has 2 heterocycles. The van der Waals surface area contributed by atoms with Crippen LogP contribution in [-0.2, 0) is 0 Å². The van der Waals surface area contributed by atoms with Gasteiger partial charge in [0.15, 0.2) is 5.82 Å². The van der Waals surface area contributed by atoms with E-state index >= 15 is 0 Å². The van der Waals surface area contributed by atoms with Crippen molar-refractivity contribution in [3.63, 3.8) is 0 Å². The predicted octanol–water partition coefficient (Wildman–Crippen LogP) is 8.61. The number of aromatic nitrogens is 2. The first kappa shape index (κ1) is 19.4. The summed E-state index contributed by atoms with van der Waals surface area (Å²) >= 11 is 5.74. The zero-order valence-corrected chi connectivity index (χ0v) is 19.4. The van der Waals surface area contributed by atoms with Crippen molar-refractivity contribution in [2.45, 2.75) is 0 Å². The monoisotopic (exact) mass is 492 g/mol. The van der Waals surface area contributed by atoms with Gasteiger partial charge in [-0.1, -0.05) is 84.9 Å². The number of nitrogens with zero attached hydrogens (tertiary/aromatic N) is 2. The lowest BCUT2D eigenvalue weighted by molar-refractivity contribution is 1.18. The van der Waals surface area contributed by atoms with Crippen LogP contribution < -0.4 is 0 Å². The molecule has 0 aliphatic carbocycles. The van der Waals surface area contributed by atoms with E-state index in [1.54, 1.807) is 0 Å². The van der Waals surface area contributed by atoms with Gasteiger partial charge in [-0.2, -0.15) is 0 Å². The van der Waals surface area contributed by atoms with Gasteiger partial charge in [-0.15, -0.1) is 11.3 Å². The number of fused-ring (bicyclic) bond motifs is 3. The SMILES string of the molecule is Brc1c(-c2cc(-c3ccccc3)nc(-c3ccccc3)n2)ccc2sc3ccccc3c12. The number of thiophene rings is 1. The highest BCUT2D eigenvalue weighted by molar-refractivity contribution is 9.10. The molecule has 0 amide bonds. The molecule has 6 rings (SSSR count). The fourth-order valence-corrected chi connectivity index (χ4v) is 6.04. The molecule has 0 saturated heterocycles. The summed E-state index contributed by atoms with van der Waals surface area (Å²) in [6.45, 7) is 0. The van der Waals surface area contributed by atoms with Crippen molar-refractivity contribution in [3.05, 3.63) is 108 Å². The summed E-state index contributed by atoms with van der Waals surface area (Å²) in [5, 5.41) is 2.51. The minimum atomic E-state index is 0.726. The molecule has 0 saturated carbocycles. The van der Waals surface area contributed by atoms with E-state index in [4.69, 9.17) is 9.97 Å². The average molecular weight is 493 g/mol. The molecule has 6 aromatic rings. The second-order valence-electron chi connectivity index (χ2n) is 7.59. The molecule has 0 spiro atoms. The number of halogens is 1. The molecule has 152 valence electrons. The highest BCUT2D eigenvalue weighted by atomic mass is 79.9. The predicted molar refractivity (Wildman–Crippen MR) is 139 cm³/mol. The van der Waals surface area contributed by atoms with E-state index in [2.05, 4.69) is 82.7 Å². The summed E-state index contributed by atoms with van der Waals surface area (Å²) in [5.74, 6) is 0.726. The molecule has 0 aliphatic heterocycles. The number of hydrogen-bond donors (Lipinski definition) is 0. The average Bonchev–Trinajstić information content (AvgIpc) is 3.24. The summed E-state index contributed by atoms with van der Waals surface area (Å²) < 4.78 is 3.63. The standard InChI is InChI=1S/C28H17BrN2S/c29-27-20(15-16-25-26(27)21-13-7-8-14-24(21)32-25)23-17-22(18-9-3-1-4-10-18)30-28(31-23)19-11-5-2-6-12-19/h1-17H. The summed E-state index contributed by atoms with van der Waals surface area (Å²) in [4.78, 5) is 9.90. The van der Waals surface area contributed by atoms with E-state index in [9.17, 15) is 0 Å². The third-order valence-corrected chi connectivity index (χ3v) is 7.54. The fraction of sp³-hybridized carbons (Fsp3) is 0. The molecule has 0 atom stereocenters. The van der Waals surface area contributed by atoms with Crippen LogP contribution in [0.15, 0.2) is 108 Å². The number of benzene rings is 4. The minimum Gasteiger partial charge on any atom is -0.228 e. The van der Waals surface area contributed by atoms with Gasteiger partial charge in [-0.05, 0) is 34.1 Å². The Morgan fingerprint density at radius 2 is 1.25 bits per heavy atom. The molecular weight excluding hydrogens is 476 g/mol. The molecule has 0 N–H and O–H groups in total. The topological polar surface area (TPSA) is 25.8 Å². The van der Waals surface area contributed by atoms with Gasteiger partial charge in [0.05, 0.1) is 11.4 Å². The Hall–Kier alpha value is -3.34. The third kappa shape index (κ3) is 3.32. The van der Waals surface area contributed by atoms with Crippen LogP contribution in [0, 0.1) is 0 Å². The lowest BCUT2D eigenvalue weighted by Crippen LogP contribution is -1.96. The summed E-state index contributed by atoms with van der Waals surface area (Å²) in [6.07, 6.45) is 0. The van der Waals surface area contributed by atoms with E-state index in [0.717, 1.165) is 38.4 Å². The van der Waals surface area contributed by atoms with Crippen LogP contribution in [0.3, 0.4) is 0 Å². The summed E-state index contributed by atoms with van der Waals surface area (Å²) in [5.41, 5.74) is 4.97. The first-order chi connectivity index (χ1) is 15.8. The normalized spacial score (nSPS) is 11.3. The molecule has 0 radical (unpaired) electrons. The van der Waals surface area contributed by atoms with Crippen LogP contribution in [0.25, 0.3) is 54.1 Å².